The predicted octanol–water partition coefficient (Wildman–Crippen LogP) is 1.19. The smallest absolute Gasteiger partial charge is 0.303 e. The van der Waals surface area contributed by atoms with E-state index >= 15 is 0 Å². The third kappa shape index (κ3) is 5.44. The largest absolute Gasteiger partial charge is 0.459 e. The van der Waals surface area contributed by atoms with Gasteiger partial charge in [-0.2, -0.15) is 0 Å². The van der Waals surface area contributed by atoms with E-state index in [1.54, 1.807) is 6.92 Å². The summed E-state index contributed by atoms with van der Waals surface area (Å²) in [6.45, 7) is 2.79. The highest BCUT2D eigenvalue weighted by Crippen LogP contribution is 2.28. The number of aliphatic hydroxyl groups excluding tert-OH is 2. The summed E-state index contributed by atoms with van der Waals surface area (Å²) in [5.41, 5.74) is 0. The summed E-state index contributed by atoms with van der Waals surface area (Å²) in [7, 11) is 1.38. The molecule has 1 fully saturated rings. The third-order valence-electron chi connectivity index (χ3n) is 2.74. The van der Waals surface area contributed by atoms with Crippen molar-refractivity contribution in [3.63, 3.8) is 0 Å². The molecule has 5 unspecified atom stereocenters. The maximum absolute atomic E-state index is 10.9. The van der Waals surface area contributed by atoms with Gasteiger partial charge in [0.1, 0.15) is 12.2 Å². The van der Waals surface area contributed by atoms with E-state index in [0.717, 1.165) is 0 Å². The van der Waals surface area contributed by atoms with Gasteiger partial charge < -0.3 is 24.4 Å². The third-order valence-corrected chi connectivity index (χ3v) is 2.74. The lowest BCUT2D eigenvalue weighted by Gasteiger charge is -2.41. The molecule has 1 aliphatic rings. The van der Waals surface area contributed by atoms with Gasteiger partial charge in [-0.25, -0.2) is 0 Å². The second-order valence-corrected chi connectivity index (χ2v) is 3.88. The topological polar surface area (TPSA) is 85.2 Å². The first-order chi connectivity index (χ1) is 7.51. The molecule has 0 aromatic heterocycles. The quantitative estimate of drug-likeness (QED) is 0.756. The van der Waals surface area contributed by atoms with Crippen molar-refractivity contribution in [1.82, 2.24) is 0 Å². The molecule has 0 aromatic rings. The van der Waals surface area contributed by atoms with Crippen molar-refractivity contribution in [2.24, 2.45) is 5.92 Å². The van der Waals surface area contributed by atoms with Crippen LogP contribution >= 0.6 is 0 Å². The minimum atomic E-state index is -1.05. The summed E-state index contributed by atoms with van der Waals surface area (Å²) >= 11 is 0. The van der Waals surface area contributed by atoms with Crippen LogP contribution in [0.2, 0.25) is 0 Å². The molecule has 0 spiro atoms. The zero-order chi connectivity index (χ0) is 12.3. The van der Waals surface area contributed by atoms with Crippen LogP contribution in [0.5, 0.6) is 0 Å². The molecule has 1 heterocycles. The molecule has 19 heavy (non-hydrogen) atoms. The lowest BCUT2D eigenvalue weighted by Crippen LogP contribution is -2.56. The number of carbonyl (C=O) groups excluding carboxylic acids is 1. The molecule has 0 saturated carbocycles. The summed E-state index contributed by atoms with van der Waals surface area (Å²) in [5.74, 6) is -0.778. The Morgan fingerprint density at radius 3 is 2.21 bits per heavy atom. The van der Waals surface area contributed by atoms with Crippen molar-refractivity contribution >= 4 is 5.97 Å². The number of rotatable bonds is 3. The van der Waals surface area contributed by atoms with Crippen LogP contribution in [0.3, 0.4) is 0 Å². The molecule has 5 atom stereocenters. The molecule has 0 amide bonds. The fourth-order valence-corrected chi connectivity index (χ4v) is 1.83. The van der Waals surface area contributed by atoms with Crippen LogP contribution in [0, 0.1) is 5.92 Å². The zero-order valence-electron chi connectivity index (χ0n) is 9.62. The molecule has 0 aromatic carbocycles. The van der Waals surface area contributed by atoms with Gasteiger partial charge in [0.05, 0.1) is 12.7 Å². The molecule has 6 nitrogen and oxygen atoms in total. The molecule has 6 heteroatoms. The van der Waals surface area contributed by atoms with Crippen LogP contribution in [-0.4, -0.2) is 54.5 Å². The van der Waals surface area contributed by atoms with E-state index in [0.29, 0.717) is 0 Å². The number of ether oxygens (including phenoxy) is 3. The fourth-order valence-electron chi connectivity index (χ4n) is 1.83. The summed E-state index contributed by atoms with van der Waals surface area (Å²) in [4.78, 5) is 10.9. The van der Waals surface area contributed by atoms with Crippen LogP contribution in [-0.2, 0) is 19.0 Å². The molecule has 1 rings (SSSR count). The molecule has 2 N–H and O–H groups in total. The Balaban J connectivity index is -0.000000853. The number of methoxy groups -OCH3 is 1. The monoisotopic (exact) mass is 282 g/mol. The first kappa shape index (κ1) is 23.4. The summed E-state index contributed by atoms with van der Waals surface area (Å²) < 4.78 is 15.2. The molecule has 118 valence electrons. The first-order valence-electron chi connectivity index (χ1n) is 5.15. The SMILES string of the molecule is C.C.C.COC1OC(CO)C(C)C(OC(C)=O)C1O. The number of aliphatic hydroxyl groups is 2. The Kier molecular flexibility index (Phi) is 12.5. The molecule has 1 aliphatic heterocycles. The highest BCUT2D eigenvalue weighted by Gasteiger charge is 2.44. The minimum absolute atomic E-state index is 0. The van der Waals surface area contributed by atoms with E-state index in [4.69, 9.17) is 19.3 Å². The van der Waals surface area contributed by atoms with Crippen molar-refractivity contribution in [2.75, 3.05) is 13.7 Å². The van der Waals surface area contributed by atoms with E-state index < -0.39 is 30.6 Å². The Morgan fingerprint density at radius 1 is 1.32 bits per heavy atom. The zero-order valence-corrected chi connectivity index (χ0v) is 9.62. The molecule has 0 aliphatic carbocycles. The van der Waals surface area contributed by atoms with Crippen molar-refractivity contribution in [3.05, 3.63) is 0 Å². The fraction of sp³-hybridized carbons (Fsp3) is 0.923. The molecular weight excluding hydrogens is 252 g/mol. The van der Waals surface area contributed by atoms with Crippen molar-refractivity contribution in [3.8, 4) is 0 Å². The van der Waals surface area contributed by atoms with E-state index in [9.17, 15) is 9.90 Å². The maximum atomic E-state index is 10.9. The normalized spacial score (nSPS) is 33.2. The molecule has 1 saturated heterocycles. The Bertz CT molecular complexity index is 229. The Morgan fingerprint density at radius 2 is 1.84 bits per heavy atom. The van der Waals surface area contributed by atoms with Crippen molar-refractivity contribution < 1.29 is 29.2 Å². The first-order valence-corrected chi connectivity index (χ1v) is 5.15. The summed E-state index contributed by atoms with van der Waals surface area (Å²) in [5, 5.41) is 19.0. The standard InChI is InChI=1S/C10H18O6.3CH4/c1-5-7(4-11)16-10(14-3)8(13)9(5)15-6(2)12;;;/h5,7-11,13H,4H2,1-3H3;3*1H4. The average Bonchev–Trinajstić information content (AvgIpc) is 2.24. The summed E-state index contributed by atoms with van der Waals surface area (Å²) in [6.07, 6.45) is -3.18. The number of esters is 1. The van der Waals surface area contributed by atoms with Gasteiger partial charge in [0.2, 0.25) is 0 Å². The van der Waals surface area contributed by atoms with Gasteiger partial charge in [-0.05, 0) is 0 Å². The lowest BCUT2D eigenvalue weighted by molar-refractivity contribution is -0.283. The molecule has 0 radical (unpaired) electrons. The van der Waals surface area contributed by atoms with E-state index in [-0.39, 0.29) is 34.8 Å². The minimum Gasteiger partial charge on any atom is -0.459 e. The van der Waals surface area contributed by atoms with Crippen LogP contribution in [0.15, 0.2) is 0 Å². The second kappa shape index (κ2) is 10.1. The number of carbonyl (C=O) groups is 1. The van der Waals surface area contributed by atoms with Crippen LogP contribution < -0.4 is 0 Å². The Hall–Kier alpha value is -0.690. The van der Waals surface area contributed by atoms with Gasteiger partial charge in [0.15, 0.2) is 6.29 Å². The van der Waals surface area contributed by atoms with Crippen molar-refractivity contribution in [1.29, 1.82) is 0 Å². The highest BCUT2D eigenvalue weighted by atomic mass is 16.7. The number of hydrogen-bond donors (Lipinski definition) is 2. The van der Waals surface area contributed by atoms with Gasteiger partial charge in [-0.3, -0.25) is 4.79 Å². The lowest BCUT2D eigenvalue weighted by atomic mass is 9.91. The predicted molar refractivity (Wildman–Crippen MR) is 73.7 cm³/mol. The van der Waals surface area contributed by atoms with Gasteiger partial charge in [-0.1, -0.05) is 29.2 Å². The highest BCUT2D eigenvalue weighted by molar-refractivity contribution is 5.66. The van der Waals surface area contributed by atoms with E-state index in [1.165, 1.54) is 14.0 Å². The van der Waals surface area contributed by atoms with Gasteiger partial charge in [0, 0.05) is 20.0 Å². The van der Waals surface area contributed by atoms with Crippen LogP contribution in [0.1, 0.15) is 36.1 Å². The van der Waals surface area contributed by atoms with E-state index in [2.05, 4.69) is 0 Å². The van der Waals surface area contributed by atoms with E-state index in [1.807, 2.05) is 0 Å². The van der Waals surface area contributed by atoms with Crippen LogP contribution in [0.4, 0.5) is 0 Å². The molecular formula is C13H30O6. The summed E-state index contributed by atoms with van der Waals surface area (Å²) in [6, 6.07) is 0. The van der Waals surface area contributed by atoms with Gasteiger partial charge >= 0.3 is 5.97 Å². The van der Waals surface area contributed by atoms with Crippen LogP contribution in [0.25, 0.3) is 0 Å². The number of hydrogen-bond acceptors (Lipinski definition) is 6. The average molecular weight is 282 g/mol. The van der Waals surface area contributed by atoms with Gasteiger partial charge in [-0.15, -0.1) is 0 Å². The maximum Gasteiger partial charge on any atom is 0.303 e. The van der Waals surface area contributed by atoms with Gasteiger partial charge in [0.25, 0.3) is 0 Å². The molecule has 0 bridgehead atoms. The Labute approximate surface area is 116 Å². The van der Waals surface area contributed by atoms with Crippen molar-refractivity contribution in [2.45, 2.75) is 60.7 Å². The second-order valence-electron chi connectivity index (χ2n) is 3.88.